The predicted octanol–water partition coefficient (Wildman–Crippen LogP) is 2.72. The number of methoxy groups -OCH3 is 1. The van der Waals surface area contributed by atoms with Crippen LogP contribution in [0, 0.1) is 0 Å². The minimum Gasteiger partial charge on any atom is -0.496 e. The number of nitrogens with zero attached hydrogens (tertiary/aromatic N) is 1. The lowest BCUT2D eigenvalue weighted by Crippen LogP contribution is -2.04. The Kier molecular flexibility index (Phi) is 4.55. The third kappa shape index (κ3) is 3.38. The number of carbonyl (C=O) groups excluding carboxylic acids is 1. The molecule has 0 heterocycles. The van der Waals surface area contributed by atoms with Crippen molar-refractivity contribution in [3.63, 3.8) is 0 Å². The number of benzene rings is 1. The summed E-state index contributed by atoms with van der Waals surface area (Å²) in [7, 11) is 5.28. The van der Waals surface area contributed by atoms with Gasteiger partial charge in [0.05, 0.1) is 12.7 Å². The highest BCUT2D eigenvalue weighted by atomic mass is 79.9. The summed E-state index contributed by atoms with van der Waals surface area (Å²) in [6, 6.07) is 5.33. The quantitative estimate of drug-likeness (QED) is 0.629. The molecule has 0 saturated heterocycles. The van der Waals surface area contributed by atoms with Crippen LogP contribution in [0.25, 0.3) is 0 Å². The average Bonchev–Trinajstić information content (AvgIpc) is 2.25. The van der Waals surface area contributed by atoms with Crippen LogP contribution in [0.3, 0.4) is 0 Å². The van der Waals surface area contributed by atoms with Crippen LogP contribution in [0.1, 0.15) is 10.4 Å². The van der Waals surface area contributed by atoms with Crippen LogP contribution in [-0.4, -0.2) is 31.9 Å². The maximum atomic E-state index is 11.8. The summed E-state index contributed by atoms with van der Waals surface area (Å²) in [6.07, 6.45) is 3.23. The molecule has 0 unspecified atom stereocenters. The molecular formula is C12H14BrNO2. The SMILES string of the molecule is COc1cc(Br)ccc1C(=O)/C=C\N(C)C. The first-order chi connectivity index (χ1) is 7.54. The normalized spacial score (nSPS) is 10.5. The molecule has 0 aliphatic rings. The van der Waals surface area contributed by atoms with E-state index < -0.39 is 0 Å². The third-order valence-electron chi connectivity index (χ3n) is 1.95. The van der Waals surface area contributed by atoms with E-state index in [9.17, 15) is 4.79 Å². The highest BCUT2D eigenvalue weighted by molar-refractivity contribution is 9.10. The van der Waals surface area contributed by atoms with Crippen molar-refractivity contribution in [2.75, 3.05) is 21.2 Å². The maximum Gasteiger partial charge on any atom is 0.191 e. The Morgan fingerprint density at radius 1 is 1.44 bits per heavy atom. The van der Waals surface area contributed by atoms with Crippen LogP contribution in [0.5, 0.6) is 5.75 Å². The van der Waals surface area contributed by atoms with Crippen LogP contribution in [-0.2, 0) is 0 Å². The van der Waals surface area contributed by atoms with Gasteiger partial charge in [0.15, 0.2) is 5.78 Å². The molecule has 3 nitrogen and oxygen atoms in total. The van der Waals surface area contributed by atoms with Gasteiger partial charge in [0.25, 0.3) is 0 Å². The van der Waals surface area contributed by atoms with Crippen LogP contribution >= 0.6 is 15.9 Å². The van der Waals surface area contributed by atoms with Gasteiger partial charge < -0.3 is 9.64 Å². The van der Waals surface area contributed by atoms with Crippen molar-refractivity contribution in [1.82, 2.24) is 4.90 Å². The van der Waals surface area contributed by atoms with E-state index >= 15 is 0 Å². The van der Waals surface area contributed by atoms with E-state index in [2.05, 4.69) is 15.9 Å². The summed E-state index contributed by atoms with van der Waals surface area (Å²) in [5, 5.41) is 0. The zero-order chi connectivity index (χ0) is 12.1. The fraction of sp³-hybridized carbons (Fsp3) is 0.250. The fourth-order valence-electron chi connectivity index (χ4n) is 1.18. The van der Waals surface area contributed by atoms with Crippen molar-refractivity contribution < 1.29 is 9.53 Å². The smallest absolute Gasteiger partial charge is 0.191 e. The topological polar surface area (TPSA) is 29.5 Å². The van der Waals surface area contributed by atoms with Gasteiger partial charge in [-0.3, -0.25) is 4.79 Å². The Morgan fingerprint density at radius 2 is 2.12 bits per heavy atom. The third-order valence-corrected chi connectivity index (χ3v) is 2.45. The molecule has 0 amide bonds. The Bertz CT molecular complexity index is 413. The van der Waals surface area contributed by atoms with Crippen LogP contribution < -0.4 is 4.74 Å². The van der Waals surface area contributed by atoms with E-state index in [1.54, 1.807) is 25.4 Å². The highest BCUT2D eigenvalue weighted by Gasteiger charge is 2.09. The summed E-state index contributed by atoms with van der Waals surface area (Å²) < 4.78 is 6.04. The number of ketones is 1. The number of rotatable bonds is 4. The second-order valence-corrected chi connectivity index (χ2v) is 4.40. The van der Waals surface area contributed by atoms with E-state index in [0.717, 1.165) is 4.47 Å². The van der Waals surface area contributed by atoms with E-state index in [1.807, 2.05) is 25.1 Å². The summed E-state index contributed by atoms with van der Waals surface area (Å²) in [4.78, 5) is 13.6. The molecule has 0 bridgehead atoms. The van der Waals surface area contributed by atoms with Gasteiger partial charge in [0.1, 0.15) is 5.75 Å². The van der Waals surface area contributed by atoms with E-state index in [1.165, 1.54) is 6.08 Å². The molecular weight excluding hydrogens is 270 g/mol. The van der Waals surface area contributed by atoms with Gasteiger partial charge in [-0.1, -0.05) is 15.9 Å². The molecule has 0 spiro atoms. The molecule has 0 fully saturated rings. The lowest BCUT2D eigenvalue weighted by atomic mass is 10.1. The van der Waals surface area contributed by atoms with Gasteiger partial charge in [-0.15, -0.1) is 0 Å². The standard InChI is InChI=1S/C12H14BrNO2/c1-14(2)7-6-11(15)10-5-4-9(13)8-12(10)16-3/h4-8H,1-3H3/b7-6-. The molecule has 0 aliphatic heterocycles. The summed E-state index contributed by atoms with van der Waals surface area (Å²) in [6.45, 7) is 0. The Morgan fingerprint density at radius 3 is 2.69 bits per heavy atom. The van der Waals surface area contributed by atoms with E-state index in [4.69, 9.17) is 4.74 Å². The van der Waals surface area contributed by atoms with Gasteiger partial charge in [-0.2, -0.15) is 0 Å². The molecule has 0 saturated carbocycles. The lowest BCUT2D eigenvalue weighted by molar-refractivity contribution is 0.104. The molecule has 0 atom stereocenters. The number of hydrogen-bond donors (Lipinski definition) is 0. The molecule has 0 N–H and O–H groups in total. The van der Waals surface area contributed by atoms with Crippen LogP contribution in [0.15, 0.2) is 34.9 Å². The zero-order valence-electron chi connectivity index (χ0n) is 9.53. The van der Waals surface area contributed by atoms with Crippen LogP contribution in [0.4, 0.5) is 0 Å². The Labute approximate surface area is 104 Å². The first-order valence-corrected chi connectivity index (χ1v) is 5.56. The first kappa shape index (κ1) is 12.8. The summed E-state index contributed by atoms with van der Waals surface area (Å²) in [5.41, 5.74) is 0.559. The second-order valence-electron chi connectivity index (χ2n) is 3.49. The summed E-state index contributed by atoms with van der Waals surface area (Å²) >= 11 is 3.33. The molecule has 1 aromatic carbocycles. The molecule has 1 aromatic rings. The van der Waals surface area contributed by atoms with Gasteiger partial charge in [0, 0.05) is 30.8 Å². The molecule has 1 rings (SSSR count). The fourth-order valence-corrected chi connectivity index (χ4v) is 1.52. The van der Waals surface area contributed by atoms with Crippen molar-refractivity contribution in [2.24, 2.45) is 0 Å². The van der Waals surface area contributed by atoms with Crippen molar-refractivity contribution in [3.8, 4) is 5.75 Å². The number of carbonyl (C=O) groups is 1. The molecule has 4 heteroatoms. The number of halogens is 1. The predicted molar refractivity (Wildman–Crippen MR) is 67.9 cm³/mol. The molecule has 0 radical (unpaired) electrons. The van der Waals surface area contributed by atoms with Gasteiger partial charge in [-0.05, 0) is 18.2 Å². The Hall–Kier alpha value is -1.29. The van der Waals surface area contributed by atoms with E-state index in [0.29, 0.717) is 11.3 Å². The van der Waals surface area contributed by atoms with Crippen molar-refractivity contribution >= 4 is 21.7 Å². The van der Waals surface area contributed by atoms with Crippen molar-refractivity contribution in [3.05, 3.63) is 40.5 Å². The number of allylic oxidation sites excluding steroid dienone is 1. The van der Waals surface area contributed by atoms with E-state index in [-0.39, 0.29) is 5.78 Å². The van der Waals surface area contributed by atoms with Gasteiger partial charge >= 0.3 is 0 Å². The summed E-state index contributed by atoms with van der Waals surface area (Å²) in [5.74, 6) is 0.501. The highest BCUT2D eigenvalue weighted by Crippen LogP contribution is 2.24. The lowest BCUT2D eigenvalue weighted by Gasteiger charge is -2.07. The average molecular weight is 284 g/mol. The number of ether oxygens (including phenoxy) is 1. The van der Waals surface area contributed by atoms with Gasteiger partial charge in [-0.25, -0.2) is 0 Å². The minimum atomic E-state index is -0.0712. The molecule has 16 heavy (non-hydrogen) atoms. The van der Waals surface area contributed by atoms with Crippen molar-refractivity contribution in [2.45, 2.75) is 0 Å². The Balaban J connectivity index is 2.99. The molecule has 0 aromatic heterocycles. The molecule has 0 aliphatic carbocycles. The molecule has 86 valence electrons. The minimum absolute atomic E-state index is 0.0712. The first-order valence-electron chi connectivity index (χ1n) is 4.77. The maximum absolute atomic E-state index is 11.8. The van der Waals surface area contributed by atoms with Crippen molar-refractivity contribution in [1.29, 1.82) is 0 Å². The largest absolute Gasteiger partial charge is 0.496 e. The van der Waals surface area contributed by atoms with Crippen LogP contribution in [0.2, 0.25) is 0 Å². The zero-order valence-corrected chi connectivity index (χ0v) is 11.1. The monoisotopic (exact) mass is 283 g/mol. The second kappa shape index (κ2) is 5.70. The number of hydrogen-bond acceptors (Lipinski definition) is 3. The van der Waals surface area contributed by atoms with Gasteiger partial charge in [0.2, 0.25) is 0 Å².